The van der Waals surface area contributed by atoms with Crippen LogP contribution in [0.25, 0.3) is 0 Å². The van der Waals surface area contributed by atoms with E-state index < -0.39 is 24.0 Å². The first-order valence-corrected chi connectivity index (χ1v) is 18.1. The highest BCUT2D eigenvalue weighted by atomic mass is 28.3. The van der Waals surface area contributed by atoms with Crippen LogP contribution in [0.3, 0.4) is 0 Å². The normalized spacial score (nSPS) is 21.3. The fourth-order valence-corrected chi connectivity index (χ4v) is 8.80. The number of hydrogen-bond donors (Lipinski definition) is 1. The molecule has 0 fully saturated rings. The maximum atomic E-state index is 9.94. The Morgan fingerprint density at radius 1 is 0.914 bits per heavy atom. The maximum absolute atomic E-state index is 9.94. The molecule has 0 radical (unpaired) electrons. The summed E-state index contributed by atoms with van der Waals surface area (Å²) in [5, 5.41) is 10.2. The molecule has 35 heavy (non-hydrogen) atoms. The lowest BCUT2D eigenvalue weighted by molar-refractivity contribution is -0.245. The van der Waals surface area contributed by atoms with Crippen LogP contribution in [-0.4, -0.2) is 53.2 Å². The van der Waals surface area contributed by atoms with Gasteiger partial charge in [-0.2, -0.15) is 0 Å². The summed E-state index contributed by atoms with van der Waals surface area (Å²) in [6.45, 7) is 24.3. The molecular formula is C29H53NO3Si2. The van der Waals surface area contributed by atoms with Crippen LogP contribution in [0.4, 0.5) is 0 Å². The Hall–Kier alpha value is -0.766. The van der Waals surface area contributed by atoms with Crippen molar-refractivity contribution in [2.45, 2.75) is 110 Å². The van der Waals surface area contributed by atoms with Gasteiger partial charge in [-0.15, -0.1) is 0 Å². The van der Waals surface area contributed by atoms with Gasteiger partial charge in [-0.05, 0) is 53.4 Å². The number of aliphatic hydroxyl groups is 1. The Labute approximate surface area is 219 Å². The summed E-state index contributed by atoms with van der Waals surface area (Å²) in [6.07, 6.45) is 6.83. The van der Waals surface area contributed by atoms with Crippen molar-refractivity contribution in [2.24, 2.45) is 11.8 Å². The van der Waals surface area contributed by atoms with Crippen molar-refractivity contribution >= 4 is 18.1 Å². The average molecular weight is 520 g/mol. The molecule has 0 bridgehead atoms. The molecule has 1 N–H and O–H groups in total. The number of aliphatic hydroxyl groups excluding tert-OH is 1. The Morgan fingerprint density at radius 3 is 1.89 bits per heavy atom. The first-order chi connectivity index (χ1) is 16.3. The van der Waals surface area contributed by atoms with Crippen molar-refractivity contribution in [1.29, 1.82) is 0 Å². The lowest BCUT2D eigenvalue weighted by Crippen LogP contribution is -2.64. The van der Waals surface area contributed by atoms with Gasteiger partial charge in [0.25, 0.3) is 0 Å². The molecule has 0 spiro atoms. The molecule has 1 aliphatic rings. The van der Waals surface area contributed by atoms with Gasteiger partial charge in [0.2, 0.25) is 5.91 Å². The van der Waals surface area contributed by atoms with Crippen molar-refractivity contribution in [2.75, 3.05) is 13.2 Å². The Morgan fingerprint density at radius 2 is 1.43 bits per heavy atom. The molecule has 3 atom stereocenters. The zero-order valence-corrected chi connectivity index (χ0v) is 26.5. The molecule has 0 saturated carbocycles. The molecule has 0 saturated heterocycles. The molecule has 2 rings (SSSR count). The van der Waals surface area contributed by atoms with Crippen LogP contribution < -0.4 is 0 Å². The summed E-state index contributed by atoms with van der Waals surface area (Å²) >= 11 is 0. The van der Waals surface area contributed by atoms with Crippen LogP contribution in [0.15, 0.2) is 42.5 Å². The van der Waals surface area contributed by atoms with E-state index in [9.17, 15) is 5.11 Å². The summed E-state index contributed by atoms with van der Waals surface area (Å²) in [5.41, 5.74) is 1.23. The molecule has 0 aromatic heterocycles. The van der Waals surface area contributed by atoms with Crippen LogP contribution in [0.5, 0.6) is 0 Å². The summed E-state index contributed by atoms with van der Waals surface area (Å²) in [6, 6.07) is 10.9. The van der Waals surface area contributed by atoms with E-state index in [0.29, 0.717) is 18.3 Å². The first-order valence-electron chi connectivity index (χ1n) is 13.7. The van der Waals surface area contributed by atoms with E-state index in [1.165, 1.54) is 5.56 Å². The van der Waals surface area contributed by atoms with Crippen molar-refractivity contribution in [1.82, 2.24) is 4.90 Å². The second-order valence-electron chi connectivity index (χ2n) is 12.4. The monoisotopic (exact) mass is 519 g/mol. The van der Waals surface area contributed by atoms with Gasteiger partial charge in [0.05, 0.1) is 0 Å². The van der Waals surface area contributed by atoms with E-state index in [0.717, 1.165) is 19.4 Å². The number of benzene rings is 1. The molecule has 0 aliphatic carbocycles. The minimum Gasteiger partial charge on any atom is -0.396 e. The van der Waals surface area contributed by atoms with Gasteiger partial charge in [0.15, 0.2) is 18.1 Å². The lowest BCUT2D eigenvalue weighted by atomic mass is 9.99. The zero-order chi connectivity index (χ0) is 26.4. The van der Waals surface area contributed by atoms with Crippen LogP contribution in [0, 0.1) is 11.8 Å². The molecule has 1 aromatic rings. The fraction of sp³-hybridized carbons (Fsp3) is 0.724. The molecule has 1 aliphatic heterocycles. The van der Waals surface area contributed by atoms with Crippen molar-refractivity contribution < 1.29 is 14.0 Å². The Bertz CT molecular complexity index is 766. The maximum Gasteiger partial charge on any atom is 0.215 e. The van der Waals surface area contributed by atoms with Crippen molar-refractivity contribution in [3.8, 4) is 0 Å². The highest BCUT2D eigenvalue weighted by Gasteiger charge is 2.49. The van der Waals surface area contributed by atoms with Gasteiger partial charge in [0.1, 0.15) is 0 Å². The molecule has 1 aromatic carbocycles. The fourth-order valence-electron chi connectivity index (χ4n) is 4.55. The molecule has 200 valence electrons. The van der Waals surface area contributed by atoms with E-state index in [-0.39, 0.29) is 22.7 Å². The van der Waals surface area contributed by atoms with Crippen LogP contribution in [0.2, 0.25) is 23.2 Å². The van der Waals surface area contributed by atoms with E-state index in [1.807, 2.05) is 0 Å². The minimum atomic E-state index is -1.72. The van der Waals surface area contributed by atoms with Crippen LogP contribution >= 0.6 is 0 Å². The quantitative estimate of drug-likeness (QED) is 0.183. The van der Waals surface area contributed by atoms with E-state index in [1.54, 1.807) is 0 Å². The molecular weight excluding hydrogens is 466 g/mol. The van der Waals surface area contributed by atoms with Gasteiger partial charge in [0, 0.05) is 25.6 Å². The van der Waals surface area contributed by atoms with E-state index >= 15 is 0 Å². The molecule has 4 nitrogen and oxygen atoms in total. The zero-order valence-electron chi connectivity index (χ0n) is 24.2. The van der Waals surface area contributed by atoms with Gasteiger partial charge in [-0.25, -0.2) is 4.90 Å². The standard InChI is InChI=1S/C29H53NO3Si2/c1-23(2)27(5,6)34(9)32-29(22-25-16-12-11-13-17-25,33-35(10)28(7,8)24(3)4)30-20-15-14-18-26(30)19-21-31/h11-17,23-24,26,31,34-35H,18-22H2,1-10H3. The van der Waals surface area contributed by atoms with Gasteiger partial charge < -0.3 is 14.0 Å². The molecule has 0 amide bonds. The van der Waals surface area contributed by atoms with Gasteiger partial charge in [-0.3, -0.25) is 0 Å². The van der Waals surface area contributed by atoms with E-state index in [4.69, 9.17) is 8.85 Å². The first kappa shape index (κ1) is 30.5. The predicted molar refractivity (Wildman–Crippen MR) is 155 cm³/mol. The average Bonchev–Trinajstić information content (AvgIpc) is 2.79. The van der Waals surface area contributed by atoms with Crippen molar-refractivity contribution in [3.63, 3.8) is 0 Å². The summed E-state index contributed by atoms with van der Waals surface area (Å²) in [4.78, 5) is 2.45. The molecule has 6 heteroatoms. The SMILES string of the molecule is CC(C)C(C)(C)[SiH](C)OC(Cc1ccccc1)(O[SiH](C)C(C)(C)C(C)C)N1CC=CCC1CCO. The third kappa shape index (κ3) is 7.39. The lowest BCUT2D eigenvalue weighted by Gasteiger charge is -2.53. The number of hydrogen-bond acceptors (Lipinski definition) is 4. The summed E-state index contributed by atoms with van der Waals surface area (Å²) < 4.78 is 14.8. The second kappa shape index (κ2) is 12.7. The van der Waals surface area contributed by atoms with Crippen LogP contribution in [-0.2, 0) is 15.3 Å². The topological polar surface area (TPSA) is 41.9 Å². The Balaban J connectivity index is 2.65. The third-order valence-electron chi connectivity index (χ3n) is 9.28. The summed E-state index contributed by atoms with van der Waals surface area (Å²) in [5.74, 6) is 0.214. The largest absolute Gasteiger partial charge is 0.396 e. The predicted octanol–water partition coefficient (Wildman–Crippen LogP) is 6.51. The summed E-state index contributed by atoms with van der Waals surface area (Å²) in [7, 11) is -3.44. The molecule has 3 unspecified atom stereocenters. The third-order valence-corrected chi connectivity index (χ3v) is 16.2. The Kier molecular flexibility index (Phi) is 11.0. The van der Waals surface area contributed by atoms with E-state index in [2.05, 4.69) is 116 Å². The smallest absolute Gasteiger partial charge is 0.215 e. The van der Waals surface area contributed by atoms with Gasteiger partial charge in [-0.1, -0.05) is 97.9 Å². The minimum absolute atomic E-state index is 0.113. The number of nitrogens with zero attached hydrogens (tertiary/aromatic N) is 1. The highest BCUT2D eigenvalue weighted by Crippen LogP contribution is 2.45. The number of rotatable bonds is 13. The van der Waals surface area contributed by atoms with Crippen molar-refractivity contribution in [3.05, 3.63) is 48.0 Å². The highest BCUT2D eigenvalue weighted by molar-refractivity contribution is 6.55. The van der Waals surface area contributed by atoms with Gasteiger partial charge >= 0.3 is 0 Å². The molecule has 1 heterocycles. The second-order valence-corrected chi connectivity index (χ2v) is 18.4. The van der Waals surface area contributed by atoms with Crippen LogP contribution in [0.1, 0.15) is 73.8 Å².